The molecule has 0 bridgehead atoms. The Balaban J connectivity index is 1.25. The van der Waals surface area contributed by atoms with Crippen molar-refractivity contribution in [3.63, 3.8) is 0 Å². The molecule has 0 N–H and O–H groups in total. The van der Waals surface area contributed by atoms with E-state index in [-0.39, 0.29) is 50.0 Å². The quantitative estimate of drug-likeness (QED) is 0.161. The average Bonchev–Trinajstić information content (AvgIpc) is 3.68. The number of furan rings is 1. The van der Waals surface area contributed by atoms with E-state index in [9.17, 15) is 0 Å². The maximum Gasteiger partial charge on any atom is 0.252 e. The van der Waals surface area contributed by atoms with Crippen LogP contribution in [0.3, 0.4) is 0 Å². The lowest BCUT2D eigenvalue weighted by Gasteiger charge is -2.48. The minimum absolute atomic E-state index is 0.000716. The van der Waals surface area contributed by atoms with E-state index in [1.165, 1.54) is 137 Å². The monoisotopic (exact) mass is 967 g/mol. The highest BCUT2D eigenvalue weighted by molar-refractivity contribution is 7.00. The van der Waals surface area contributed by atoms with Gasteiger partial charge in [0.15, 0.2) is 5.58 Å². The minimum Gasteiger partial charge on any atom is -0.454 e. The molecule has 3 aliphatic carbocycles. The summed E-state index contributed by atoms with van der Waals surface area (Å²) in [5.41, 5.74) is 26.8. The second-order valence-corrected chi connectivity index (χ2v) is 29.9. The summed E-state index contributed by atoms with van der Waals surface area (Å²) in [6.45, 7) is 46.3. The molecular formula is C69H83BN2O. The Hall–Kier alpha value is -5.22. The molecule has 378 valence electrons. The van der Waals surface area contributed by atoms with E-state index in [0.29, 0.717) is 0 Å². The van der Waals surface area contributed by atoms with Gasteiger partial charge in [0, 0.05) is 39.2 Å². The molecule has 0 atom stereocenters. The highest BCUT2D eigenvalue weighted by Gasteiger charge is 2.49. The van der Waals surface area contributed by atoms with Crippen molar-refractivity contribution in [2.45, 2.75) is 213 Å². The van der Waals surface area contributed by atoms with Gasteiger partial charge < -0.3 is 14.2 Å². The van der Waals surface area contributed by atoms with Gasteiger partial charge in [0.2, 0.25) is 0 Å². The molecule has 2 aliphatic heterocycles. The molecule has 0 fully saturated rings. The summed E-state index contributed by atoms with van der Waals surface area (Å²) >= 11 is 0. The Morgan fingerprint density at radius 2 is 0.918 bits per heavy atom. The predicted molar refractivity (Wildman–Crippen MR) is 316 cm³/mol. The third-order valence-electron chi connectivity index (χ3n) is 19.9. The van der Waals surface area contributed by atoms with Gasteiger partial charge in [0.05, 0.1) is 5.69 Å². The van der Waals surface area contributed by atoms with Gasteiger partial charge in [-0.05, 0) is 204 Å². The maximum atomic E-state index is 7.42. The molecule has 3 heterocycles. The fourth-order valence-electron chi connectivity index (χ4n) is 14.5. The van der Waals surface area contributed by atoms with Gasteiger partial charge in [-0.2, -0.15) is 0 Å². The zero-order valence-electron chi connectivity index (χ0n) is 48.2. The molecule has 0 spiro atoms. The van der Waals surface area contributed by atoms with Crippen LogP contribution in [0.5, 0.6) is 0 Å². The lowest BCUT2D eigenvalue weighted by molar-refractivity contribution is 0.332. The van der Waals surface area contributed by atoms with Crippen molar-refractivity contribution < 1.29 is 4.42 Å². The number of hydrogen-bond donors (Lipinski definition) is 0. The predicted octanol–water partition coefficient (Wildman–Crippen LogP) is 17.6. The Morgan fingerprint density at radius 1 is 0.425 bits per heavy atom. The molecule has 7 aromatic rings. The van der Waals surface area contributed by atoms with Gasteiger partial charge in [-0.1, -0.05) is 161 Å². The molecule has 12 rings (SSSR count). The van der Waals surface area contributed by atoms with Crippen LogP contribution >= 0.6 is 0 Å². The molecule has 4 heteroatoms. The normalized spacial score (nSPS) is 20.5. The molecule has 0 saturated heterocycles. The van der Waals surface area contributed by atoms with Crippen LogP contribution in [-0.2, 0) is 43.3 Å². The zero-order valence-corrected chi connectivity index (χ0v) is 48.2. The summed E-state index contributed by atoms with van der Waals surface area (Å²) < 4.78 is 7.42. The molecule has 0 radical (unpaired) electrons. The number of aryl methyl sites for hydroxylation is 1. The summed E-state index contributed by atoms with van der Waals surface area (Å²) in [7, 11) is 0. The summed E-state index contributed by atoms with van der Waals surface area (Å²) in [5, 5.41) is 2.38. The third-order valence-corrected chi connectivity index (χ3v) is 19.9. The Kier molecular flexibility index (Phi) is 10.0. The fourth-order valence-corrected chi connectivity index (χ4v) is 14.5. The van der Waals surface area contributed by atoms with Crippen molar-refractivity contribution >= 4 is 79.2 Å². The van der Waals surface area contributed by atoms with Crippen LogP contribution in [0.1, 0.15) is 213 Å². The Bertz CT molecular complexity index is 3520. The molecular weight excluding hydrogens is 884 g/mol. The highest BCUT2D eigenvalue weighted by Crippen LogP contribution is 2.56. The van der Waals surface area contributed by atoms with E-state index in [1.54, 1.807) is 0 Å². The standard InChI is InChI=1S/C69H83BN2O/c1-40-32-47-50(68(16,17)30-28-65(47,10)11)38-54(40)72-57-35-42(63(5,6)7)34-56-59(57)70(52-24-22-44-45-33-41(62(2,3)4)20-25-58(45)73-61(44)60(52)72)53-37-49-51(69(18,19)31-29-67(49,14)15)39-55(53)71(56)43-21-23-46-48(36-43)66(12,13)27-26-64(46,8)9/h20-25,32-39H,26-31H2,1-19H3. The first-order chi connectivity index (χ1) is 33.8. The van der Waals surface area contributed by atoms with Gasteiger partial charge >= 0.3 is 0 Å². The Morgan fingerprint density at radius 3 is 1.48 bits per heavy atom. The smallest absolute Gasteiger partial charge is 0.252 e. The van der Waals surface area contributed by atoms with Gasteiger partial charge in [-0.15, -0.1) is 0 Å². The van der Waals surface area contributed by atoms with Gasteiger partial charge in [0.1, 0.15) is 5.58 Å². The number of hydrogen-bond acceptors (Lipinski definition) is 3. The van der Waals surface area contributed by atoms with Crippen LogP contribution in [0.4, 0.5) is 34.1 Å². The minimum atomic E-state index is -0.145. The zero-order chi connectivity index (χ0) is 52.3. The molecule has 0 saturated carbocycles. The summed E-state index contributed by atoms with van der Waals surface area (Å²) in [4.78, 5) is 5.44. The van der Waals surface area contributed by atoms with E-state index in [4.69, 9.17) is 4.42 Å². The van der Waals surface area contributed by atoms with Crippen LogP contribution < -0.4 is 26.2 Å². The SMILES string of the molecule is Cc1cc2c(cc1N1c3cc(C(C)(C)C)cc4c3B(c3cc5c(cc3N4c3ccc4c(c3)C(C)(C)CCC4(C)C)C(C)(C)CCC5(C)C)c3ccc4c(oc5ccc(C(C)(C)C)cc54)c31)C(C)(C)CCC2(C)C. The number of nitrogens with zero attached hydrogens (tertiary/aromatic N) is 2. The Labute approximate surface area is 439 Å². The van der Waals surface area contributed by atoms with Crippen LogP contribution in [0.15, 0.2) is 89.3 Å². The van der Waals surface area contributed by atoms with Gasteiger partial charge in [-0.25, -0.2) is 0 Å². The first-order valence-corrected chi connectivity index (χ1v) is 28.1. The first kappa shape index (κ1) is 48.7. The van der Waals surface area contributed by atoms with E-state index >= 15 is 0 Å². The number of fused-ring (bicyclic) bond motifs is 11. The molecule has 0 amide bonds. The molecule has 3 nitrogen and oxygen atoms in total. The van der Waals surface area contributed by atoms with Crippen molar-refractivity contribution in [3.05, 3.63) is 135 Å². The second kappa shape index (κ2) is 15.0. The van der Waals surface area contributed by atoms with E-state index in [2.05, 4.69) is 226 Å². The van der Waals surface area contributed by atoms with Crippen molar-refractivity contribution in [1.29, 1.82) is 0 Å². The van der Waals surface area contributed by atoms with Gasteiger partial charge in [0.25, 0.3) is 6.71 Å². The molecule has 0 unspecified atom stereocenters. The topological polar surface area (TPSA) is 19.6 Å². The van der Waals surface area contributed by atoms with Crippen LogP contribution in [0, 0.1) is 6.92 Å². The number of rotatable bonds is 2. The van der Waals surface area contributed by atoms with E-state index < -0.39 is 0 Å². The lowest BCUT2D eigenvalue weighted by Crippen LogP contribution is -2.62. The highest BCUT2D eigenvalue weighted by atomic mass is 16.3. The maximum absolute atomic E-state index is 7.42. The number of anilines is 6. The summed E-state index contributed by atoms with van der Waals surface area (Å²) in [6.07, 6.45) is 7.04. The molecule has 6 aromatic carbocycles. The largest absolute Gasteiger partial charge is 0.454 e. The molecule has 1 aromatic heterocycles. The first-order valence-electron chi connectivity index (χ1n) is 28.1. The summed E-state index contributed by atoms with van der Waals surface area (Å²) in [5.74, 6) is 0. The van der Waals surface area contributed by atoms with E-state index in [1.807, 2.05) is 0 Å². The van der Waals surface area contributed by atoms with Crippen molar-refractivity contribution in [3.8, 4) is 0 Å². The van der Waals surface area contributed by atoms with Crippen LogP contribution in [0.25, 0.3) is 21.9 Å². The number of benzene rings is 6. The lowest BCUT2D eigenvalue weighted by atomic mass is 9.33. The second-order valence-electron chi connectivity index (χ2n) is 29.9. The van der Waals surface area contributed by atoms with Crippen molar-refractivity contribution in [1.82, 2.24) is 0 Å². The fraction of sp³-hybridized carbons (Fsp3) is 0.478. The van der Waals surface area contributed by atoms with Crippen LogP contribution in [-0.4, -0.2) is 6.71 Å². The van der Waals surface area contributed by atoms with Crippen molar-refractivity contribution in [2.24, 2.45) is 0 Å². The molecule has 73 heavy (non-hydrogen) atoms. The van der Waals surface area contributed by atoms with Gasteiger partial charge in [-0.3, -0.25) is 0 Å². The van der Waals surface area contributed by atoms with Crippen molar-refractivity contribution in [2.75, 3.05) is 9.80 Å². The van der Waals surface area contributed by atoms with E-state index in [0.717, 1.165) is 24.0 Å². The molecule has 5 aliphatic rings. The summed E-state index contributed by atoms with van der Waals surface area (Å²) in [6, 6.07) is 35.2. The van der Waals surface area contributed by atoms with Crippen LogP contribution in [0.2, 0.25) is 0 Å². The average molecular weight is 967 g/mol. The third kappa shape index (κ3) is 7.09.